The smallest absolute Gasteiger partial charge is 0.264 e. The number of hydrogen-bond donors (Lipinski definition) is 1. The van der Waals surface area contributed by atoms with E-state index in [1.54, 1.807) is 36.4 Å². The van der Waals surface area contributed by atoms with Crippen LogP contribution in [0.15, 0.2) is 77.7 Å². The van der Waals surface area contributed by atoms with Gasteiger partial charge in [-0.25, -0.2) is 8.42 Å². The number of hydrogen-bond acceptors (Lipinski definition) is 4. The molecule has 0 aromatic heterocycles. The summed E-state index contributed by atoms with van der Waals surface area (Å²) in [7, 11) is -4.08. The minimum atomic E-state index is -4.08. The van der Waals surface area contributed by atoms with E-state index in [0.717, 1.165) is 26.6 Å². The topological polar surface area (TPSA) is 86.8 Å². The number of carbonyl (C=O) groups is 2. The largest absolute Gasteiger partial charge is 0.354 e. The first kappa shape index (κ1) is 30.9. The molecule has 0 radical (unpaired) electrons. The van der Waals surface area contributed by atoms with Crippen molar-refractivity contribution >= 4 is 27.5 Å². The lowest BCUT2D eigenvalue weighted by molar-refractivity contribution is -0.140. The van der Waals surface area contributed by atoms with Gasteiger partial charge in [0.2, 0.25) is 11.8 Å². The number of sulfonamides is 1. The summed E-state index contributed by atoms with van der Waals surface area (Å²) in [5.74, 6) is -0.456. The number of aryl methyl sites for hydroxylation is 3. The van der Waals surface area contributed by atoms with Gasteiger partial charge in [-0.2, -0.15) is 0 Å². The molecule has 2 amide bonds. The van der Waals surface area contributed by atoms with Crippen LogP contribution in [-0.2, 0) is 26.2 Å². The van der Waals surface area contributed by atoms with Crippen LogP contribution in [0.3, 0.4) is 0 Å². The van der Waals surface area contributed by atoms with Gasteiger partial charge >= 0.3 is 0 Å². The third-order valence-corrected chi connectivity index (χ3v) is 8.54. The molecule has 0 saturated heterocycles. The summed E-state index contributed by atoms with van der Waals surface area (Å²) in [5, 5.41) is 2.95. The number of carbonyl (C=O) groups excluding carboxylic acids is 2. The van der Waals surface area contributed by atoms with Crippen LogP contribution in [0, 0.1) is 26.7 Å². The number of rotatable bonds is 12. The van der Waals surface area contributed by atoms with E-state index in [0.29, 0.717) is 18.7 Å². The van der Waals surface area contributed by atoms with Crippen LogP contribution >= 0.6 is 0 Å². The lowest BCUT2D eigenvalue weighted by Crippen LogP contribution is -2.52. The normalized spacial score (nSPS) is 12.2. The molecule has 1 atom stereocenters. The Morgan fingerprint density at radius 2 is 1.30 bits per heavy atom. The van der Waals surface area contributed by atoms with Gasteiger partial charge in [0.1, 0.15) is 12.6 Å². The average molecular weight is 564 g/mol. The fourth-order valence-corrected chi connectivity index (χ4v) is 5.72. The van der Waals surface area contributed by atoms with Crippen LogP contribution in [0.2, 0.25) is 0 Å². The molecule has 0 spiro atoms. The summed E-state index contributed by atoms with van der Waals surface area (Å²) in [4.78, 5) is 29.0. The molecule has 8 heteroatoms. The third-order valence-electron chi connectivity index (χ3n) is 6.75. The zero-order valence-corrected chi connectivity index (χ0v) is 25.2. The minimum Gasteiger partial charge on any atom is -0.354 e. The van der Waals surface area contributed by atoms with Crippen molar-refractivity contribution in [2.75, 3.05) is 17.4 Å². The summed E-state index contributed by atoms with van der Waals surface area (Å²) in [6, 6.07) is 20.6. The predicted octanol–water partition coefficient (Wildman–Crippen LogP) is 5.39. The molecule has 214 valence electrons. The van der Waals surface area contributed by atoms with Crippen molar-refractivity contribution in [2.24, 2.45) is 5.92 Å². The van der Waals surface area contributed by atoms with Crippen LogP contribution in [0.4, 0.5) is 5.69 Å². The third kappa shape index (κ3) is 7.94. The van der Waals surface area contributed by atoms with Gasteiger partial charge in [-0.05, 0) is 62.9 Å². The molecule has 0 fully saturated rings. The summed E-state index contributed by atoms with van der Waals surface area (Å²) in [5.41, 5.74) is 4.22. The average Bonchev–Trinajstić information content (AvgIpc) is 2.92. The molecule has 0 saturated carbocycles. The van der Waals surface area contributed by atoms with Gasteiger partial charge in [0.15, 0.2) is 0 Å². The highest BCUT2D eigenvalue weighted by Gasteiger charge is 2.33. The van der Waals surface area contributed by atoms with Crippen molar-refractivity contribution in [3.05, 3.63) is 95.1 Å². The van der Waals surface area contributed by atoms with Crippen molar-refractivity contribution in [1.29, 1.82) is 0 Å². The summed E-state index contributed by atoms with van der Waals surface area (Å²) in [6.07, 6.45) is 0.386. The van der Waals surface area contributed by atoms with Crippen LogP contribution in [0.1, 0.15) is 49.4 Å². The predicted molar refractivity (Wildman–Crippen MR) is 161 cm³/mol. The number of amides is 2. The van der Waals surface area contributed by atoms with E-state index in [9.17, 15) is 18.0 Å². The van der Waals surface area contributed by atoms with Crippen molar-refractivity contribution in [2.45, 2.75) is 65.4 Å². The number of anilines is 1. The summed E-state index contributed by atoms with van der Waals surface area (Å²) < 4.78 is 29.0. The lowest BCUT2D eigenvalue weighted by atomic mass is 10.1. The molecule has 0 aliphatic carbocycles. The molecule has 3 aromatic carbocycles. The van der Waals surface area contributed by atoms with Crippen LogP contribution in [0.25, 0.3) is 0 Å². The van der Waals surface area contributed by atoms with Crippen molar-refractivity contribution in [1.82, 2.24) is 10.2 Å². The highest BCUT2D eigenvalue weighted by Crippen LogP contribution is 2.25. The molecular formula is C32H41N3O4S. The summed E-state index contributed by atoms with van der Waals surface area (Å²) >= 11 is 0. The fraction of sp³-hybridized carbons (Fsp3) is 0.375. The van der Waals surface area contributed by atoms with Gasteiger partial charge in [-0.1, -0.05) is 86.0 Å². The van der Waals surface area contributed by atoms with E-state index >= 15 is 0 Å². The zero-order chi connectivity index (χ0) is 29.4. The lowest BCUT2D eigenvalue weighted by Gasteiger charge is -2.33. The maximum Gasteiger partial charge on any atom is 0.264 e. The molecule has 3 aromatic rings. The van der Waals surface area contributed by atoms with E-state index < -0.39 is 28.5 Å². The standard InChI is InChI=1S/C32H41N3O4S/c1-7-30(32(37)33-20-23(2)3)34(21-27-14-8-24(4)9-15-27)31(36)22-35(28-16-10-25(5)11-17-28)40(38,39)29-18-12-26(6)13-19-29/h8-19,23,30H,7,20-22H2,1-6H3,(H,33,37)/t30-/m0/s1. The molecule has 0 aliphatic rings. The Balaban J connectivity index is 2.03. The Hall–Kier alpha value is -3.65. The van der Waals surface area contributed by atoms with Gasteiger partial charge in [-0.15, -0.1) is 0 Å². The Labute approximate surface area is 239 Å². The first-order valence-electron chi connectivity index (χ1n) is 13.7. The van der Waals surface area contributed by atoms with Gasteiger partial charge < -0.3 is 10.2 Å². The number of nitrogens with one attached hydrogen (secondary N) is 1. The molecule has 40 heavy (non-hydrogen) atoms. The zero-order valence-electron chi connectivity index (χ0n) is 24.3. The highest BCUT2D eigenvalue weighted by molar-refractivity contribution is 7.92. The minimum absolute atomic E-state index is 0.0956. The van der Waals surface area contributed by atoms with Gasteiger partial charge in [-0.3, -0.25) is 13.9 Å². The van der Waals surface area contributed by atoms with E-state index in [1.807, 2.05) is 77.9 Å². The van der Waals surface area contributed by atoms with Gasteiger partial charge in [0.25, 0.3) is 10.0 Å². The second-order valence-electron chi connectivity index (χ2n) is 10.7. The molecule has 1 N–H and O–H groups in total. The SMILES string of the molecule is CC[C@@H](C(=O)NCC(C)C)N(Cc1ccc(C)cc1)C(=O)CN(c1ccc(C)cc1)S(=O)(=O)c1ccc(C)cc1. The molecule has 0 bridgehead atoms. The van der Waals surface area contributed by atoms with E-state index in [-0.39, 0.29) is 23.3 Å². The van der Waals surface area contributed by atoms with Crippen LogP contribution < -0.4 is 9.62 Å². The molecule has 0 unspecified atom stereocenters. The van der Waals surface area contributed by atoms with Crippen LogP contribution in [-0.4, -0.2) is 44.3 Å². The Morgan fingerprint density at radius 1 is 0.800 bits per heavy atom. The van der Waals surface area contributed by atoms with Crippen molar-refractivity contribution in [3.63, 3.8) is 0 Å². The highest BCUT2D eigenvalue weighted by atomic mass is 32.2. The second-order valence-corrected chi connectivity index (χ2v) is 12.6. The van der Waals surface area contributed by atoms with E-state index in [4.69, 9.17) is 0 Å². The van der Waals surface area contributed by atoms with Crippen molar-refractivity contribution < 1.29 is 18.0 Å². The van der Waals surface area contributed by atoms with E-state index in [2.05, 4.69) is 5.32 Å². The molecule has 0 aliphatic heterocycles. The van der Waals surface area contributed by atoms with Gasteiger partial charge in [0.05, 0.1) is 10.6 Å². The quantitative estimate of drug-likeness (QED) is 0.320. The Morgan fingerprint density at radius 3 is 1.80 bits per heavy atom. The van der Waals surface area contributed by atoms with Crippen LogP contribution in [0.5, 0.6) is 0 Å². The Bertz CT molecular complexity index is 1380. The monoisotopic (exact) mass is 563 g/mol. The first-order chi connectivity index (χ1) is 18.9. The van der Waals surface area contributed by atoms with Crippen molar-refractivity contribution in [3.8, 4) is 0 Å². The molecule has 3 rings (SSSR count). The fourth-order valence-electron chi connectivity index (χ4n) is 4.31. The first-order valence-corrected chi connectivity index (χ1v) is 15.1. The van der Waals surface area contributed by atoms with E-state index in [1.165, 1.54) is 4.90 Å². The second kappa shape index (κ2) is 13.6. The van der Waals surface area contributed by atoms with Gasteiger partial charge in [0, 0.05) is 13.1 Å². The number of nitrogens with zero attached hydrogens (tertiary/aromatic N) is 2. The maximum atomic E-state index is 14.1. The number of benzene rings is 3. The maximum absolute atomic E-state index is 14.1. The molecular weight excluding hydrogens is 522 g/mol. The Kier molecular flexibility index (Phi) is 10.5. The molecule has 7 nitrogen and oxygen atoms in total. The summed E-state index contributed by atoms with van der Waals surface area (Å²) in [6.45, 7) is 11.9. The molecule has 0 heterocycles.